The number of aromatic nitrogens is 4. The van der Waals surface area contributed by atoms with Gasteiger partial charge in [0, 0.05) is 38.5 Å². The summed E-state index contributed by atoms with van der Waals surface area (Å²) in [5.41, 5.74) is 2.38. The van der Waals surface area contributed by atoms with Gasteiger partial charge in [-0.05, 0) is 21.5 Å². The van der Waals surface area contributed by atoms with Crippen LogP contribution in [-0.4, -0.2) is 19.6 Å². The van der Waals surface area contributed by atoms with Gasteiger partial charge in [0.2, 0.25) is 0 Å². The summed E-state index contributed by atoms with van der Waals surface area (Å²) in [5.74, 6) is 0. The van der Waals surface area contributed by atoms with E-state index in [4.69, 9.17) is 0 Å². The predicted octanol–water partition coefficient (Wildman–Crippen LogP) is 1.51. The summed E-state index contributed by atoms with van der Waals surface area (Å²) in [7, 11) is 3.83. The lowest BCUT2D eigenvalue weighted by Crippen LogP contribution is -1.86. The standard InChI is InChI=1S/C9H11BrN4/c1-13-5-7(4-11-13)3-8-6-14(2)12-9(8)10/h4-6H,3H2,1-2H3. The van der Waals surface area contributed by atoms with Crippen LogP contribution in [0.4, 0.5) is 0 Å². The van der Waals surface area contributed by atoms with Crippen LogP contribution in [0.2, 0.25) is 0 Å². The molecule has 4 nitrogen and oxygen atoms in total. The maximum atomic E-state index is 4.22. The Hall–Kier alpha value is -1.10. The van der Waals surface area contributed by atoms with E-state index in [1.165, 1.54) is 11.1 Å². The molecular formula is C9H11BrN4. The second kappa shape index (κ2) is 3.57. The Morgan fingerprint density at radius 1 is 1.29 bits per heavy atom. The average molecular weight is 255 g/mol. The first-order valence-corrected chi connectivity index (χ1v) is 5.10. The quantitative estimate of drug-likeness (QED) is 0.815. The molecule has 2 rings (SSSR count). The van der Waals surface area contributed by atoms with Crippen LogP contribution in [0.25, 0.3) is 0 Å². The molecule has 5 heteroatoms. The molecule has 2 heterocycles. The lowest BCUT2D eigenvalue weighted by molar-refractivity contribution is 0.760. The van der Waals surface area contributed by atoms with E-state index in [2.05, 4.69) is 26.1 Å². The number of nitrogens with zero attached hydrogens (tertiary/aromatic N) is 4. The lowest BCUT2D eigenvalue weighted by Gasteiger charge is -1.92. The smallest absolute Gasteiger partial charge is 0.131 e. The normalized spacial score (nSPS) is 10.8. The van der Waals surface area contributed by atoms with Crippen molar-refractivity contribution in [2.24, 2.45) is 14.1 Å². The minimum atomic E-state index is 0.863. The molecule has 0 fully saturated rings. The third kappa shape index (κ3) is 1.87. The summed E-state index contributed by atoms with van der Waals surface area (Å²) in [5, 5.41) is 8.34. The van der Waals surface area contributed by atoms with E-state index in [0.29, 0.717) is 0 Å². The predicted molar refractivity (Wildman–Crippen MR) is 56.9 cm³/mol. The van der Waals surface area contributed by atoms with Crippen LogP contribution in [0.3, 0.4) is 0 Å². The molecule has 0 saturated carbocycles. The Morgan fingerprint density at radius 2 is 2.07 bits per heavy atom. The maximum absolute atomic E-state index is 4.22. The van der Waals surface area contributed by atoms with Crippen molar-refractivity contribution in [1.29, 1.82) is 0 Å². The molecule has 0 radical (unpaired) electrons. The lowest BCUT2D eigenvalue weighted by atomic mass is 10.2. The molecule has 0 amide bonds. The molecule has 0 saturated heterocycles. The van der Waals surface area contributed by atoms with Crippen LogP contribution in [0.15, 0.2) is 23.2 Å². The van der Waals surface area contributed by atoms with Crippen molar-refractivity contribution in [2.45, 2.75) is 6.42 Å². The van der Waals surface area contributed by atoms with E-state index in [9.17, 15) is 0 Å². The third-order valence-electron chi connectivity index (χ3n) is 2.01. The summed E-state index contributed by atoms with van der Waals surface area (Å²) in [4.78, 5) is 0. The topological polar surface area (TPSA) is 35.6 Å². The molecule has 2 aromatic heterocycles. The van der Waals surface area contributed by atoms with Gasteiger partial charge in [-0.15, -0.1) is 0 Å². The van der Waals surface area contributed by atoms with Gasteiger partial charge in [-0.3, -0.25) is 9.36 Å². The van der Waals surface area contributed by atoms with Crippen molar-refractivity contribution >= 4 is 15.9 Å². The third-order valence-corrected chi connectivity index (χ3v) is 2.67. The fourth-order valence-corrected chi connectivity index (χ4v) is 1.90. The highest BCUT2D eigenvalue weighted by Crippen LogP contribution is 2.17. The van der Waals surface area contributed by atoms with Gasteiger partial charge in [-0.1, -0.05) is 0 Å². The SMILES string of the molecule is Cn1cc(Cc2cn(C)nc2Br)cn1. The number of hydrogen-bond donors (Lipinski definition) is 0. The Morgan fingerprint density at radius 3 is 2.57 bits per heavy atom. The van der Waals surface area contributed by atoms with Gasteiger partial charge in [0.15, 0.2) is 0 Å². The fourth-order valence-electron chi connectivity index (χ4n) is 1.41. The zero-order valence-electron chi connectivity index (χ0n) is 8.11. The number of hydrogen-bond acceptors (Lipinski definition) is 2. The Kier molecular flexibility index (Phi) is 2.41. The van der Waals surface area contributed by atoms with Crippen LogP contribution in [0.1, 0.15) is 11.1 Å². The summed E-state index contributed by atoms with van der Waals surface area (Å²) in [6.45, 7) is 0. The minimum Gasteiger partial charge on any atom is -0.276 e. The van der Waals surface area contributed by atoms with Crippen molar-refractivity contribution in [1.82, 2.24) is 19.6 Å². The molecule has 74 valence electrons. The fraction of sp³-hybridized carbons (Fsp3) is 0.333. The van der Waals surface area contributed by atoms with E-state index in [1.54, 1.807) is 9.36 Å². The molecule has 0 aromatic carbocycles. The van der Waals surface area contributed by atoms with E-state index in [0.717, 1.165) is 11.0 Å². The van der Waals surface area contributed by atoms with E-state index in [-0.39, 0.29) is 0 Å². The summed E-state index contributed by atoms with van der Waals surface area (Å²) in [6.07, 6.45) is 6.76. The monoisotopic (exact) mass is 254 g/mol. The second-order valence-electron chi connectivity index (χ2n) is 3.32. The molecule has 0 aliphatic rings. The van der Waals surface area contributed by atoms with Gasteiger partial charge in [0.05, 0.1) is 6.20 Å². The van der Waals surface area contributed by atoms with E-state index >= 15 is 0 Å². The average Bonchev–Trinajstić information content (AvgIpc) is 2.61. The number of halogens is 1. The van der Waals surface area contributed by atoms with Crippen LogP contribution >= 0.6 is 15.9 Å². The maximum Gasteiger partial charge on any atom is 0.131 e. The molecule has 0 unspecified atom stereocenters. The molecule has 0 aliphatic heterocycles. The Balaban J connectivity index is 2.22. The Bertz CT molecular complexity index is 443. The van der Waals surface area contributed by atoms with Gasteiger partial charge in [0.1, 0.15) is 4.60 Å². The van der Waals surface area contributed by atoms with Crippen LogP contribution in [-0.2, 0) is 20.5 Å². The van der Waals surface area contributed by atoms with Crippen LogP contribution in [0.5, 0.6) is 0 Å². The van der Waals surface area contributed by atoms with E-state index < -0.39 is 0 Å². The highest BCUT2D eigenvalue weighted by molar-refractivity contribution is 9.10. The number of aryl methyl sites for hydroxylation is 2. The molecule has 14 heavy (non-hydrogen) atoms. The zero-order chi connectivity index (χ0) is 10.1. The van der Waals surface area contributed by atoms with Gasteiger partial charge in [-0.2, -0.15) is 10.2 Å². The van der Waals surface area contributed by atoms with Crippen molar-refractivity contribution in [2.75, 3.05) is 0 Å². The largest absolute Gasteiger partial charge is 0.276 e. The summed E-state index contributed by atoms with van der Waals surface area (Å²) >= 11 is 3.42. The zero-order valence-corrected chi connectivity index (χ0v) is 9.69. The highest BCUT2D eigenvalue weighted by Gasteiger charge is 2.06. The van der Waals surface area contributed by atoms with Gasteiger partial charge in [-0.25, -0.2) is 0 Å². The molecular weight excluding hydrogens is 244 g/mol. The summed E-state index contributed by atoms with van der Waals surface area (Å²) < 4.78 is 4.51. The van der Waals surface area contributed by atoms with Gasteiger partial charge >= 0.3 is 0 Å². The number of rotatable bonds is 2. The molecule has 0 aliphatic carbocycles. The van der Waals surface area contributed by atoms with Crippen LogP contribution in [0, 0.1) is 0 Å². The first-order chi connectivity index (χ1) is 6.65. The molecule has 0 bridgehead atoms. The second-order valence-corrected chi connectivity index (χ2v) is 4.07. The molecule has 0 atom stereocenters. The van der Waals surface area contributed by atoms with Gasteiger partial charge in [0.25, 0.3) is 0 Å². The molecule has 0 spiro atoms. The van der Waals surface area contributed by atoms with Crippen molar-refractivity contribution in [3.8, 4) is 0 Å². The minimum absolute atomic E-state index is 0.863. The first-order valence-electron chi connectivity index (χ1n) is 4.30. The van der Waals surface area contributed by atoms with Crippen LogP contribution < -0.4 is 0 Å². The Labute approximate surface area is 90.7 Å². The van der Waals surface area contributed by atoms with E-state index in [1.807, 2.05) is 32.7 Å². The van der Waals surface area contributed by atoms with Crippen molar-refractivity contribution in [3.63, 3.8) is 0 Å². The van der Waals surface area contributed by atoms with Gasteiger partial charge < -0.3 is 0 Å². The molecule has 2 aromatic rings. The summed E-state index contributed by atoms with van der Waals surface area (Å²) in [6, 6.07) is 0. The first kappa shape index (κ1) is 9.45. The van der Waals surface area contributed by atoms with Crippen molar-refractivity contribution < 1.29 is 0 Å². The highest BCUT2D eigenvalue weighted by atomic mass is 79.9. The molecule has 0 N–H and O–H groups in total. The van der Waals surface area contributed by atoms with Crippen molar-refractivity contribution in [3.05, 3.63) is 34.3 Å².